The minimum atomic E-state index is 0. The van der Waals surface area contributed by atoms with Crippen LogP contribution in [-0.4, -0.2) is 45.2 Å². The van der Waals surface area contributed by atoms with Gasteiger partial charge in [-0.05, 0) is 56.1 Å². The molecule has 2 saturated carbocycles. The van der Waals surface area contributed by atoms with E-state index in [-0.39, 0.29) is 24.0 Å². The number of ether oxygens (including phenoxy) is 2. The number of aliphatic imine (C=N–C) groups is 1. The molecule has 0 amide bonds. The van der Waals surface area contributed by atoms with Crippen molar-refractivity contribution in [3.8, 4) is 11.5 Å². The summed E-state index contributed by atoms with van der Waals surface area (Å²) in [6.45, 7) is 4.70. The first-order chi connectivity index (χ1) is 12.1. The van der Waals surface area contributed by atoms with Crippen LogP contribution in [0.25, 0.3) is 0 Å². The average Bonchev–Trinajstić information content (AvgIpc) is 3.51. The van der Waals surface area contributed by atoms with Gasteiger partial charge in [0.1, 0.15) is 11.5 Å². The topological polar surface area (TPSA) is 46.1 Å². The lowest BCUT2D eigenvalue weighted by Crippen LogP contribution is -2.39. The monoisotopic (exact) mass is 473 g/mol. The quantitative estimate of drug-likeness (QED) is 0.354. The first-order valence-electron chi connectivity index (χ1n) is 9.32. The van der Waals surface area contributed by atoms with E-state index in [1.54, 1.807) is 14.2 Å². The Kier molecular flexibility index (Phi) is 7.43. The fraction of sp³-hybridized carbons (Fsp3) is 0.650. The molecule has 1 aromatic carbocycles. The number of methoxy groups -OCH3 is 2. The molecule has 146 valence electrons. The molecule has 0 spiro atoms. The van der Waals surface area contributed by atoms with Crippen LogP contribution in [0, 0.1) is 11.3 Å². The summed E-state index contributed by atoms with van der Waals surface area (Å²) in [6.07, 6.45) is 5.53. The molecular formula is C20H32IN3O2. The molecule has 2 aliphatic rings. The van der Waals surface area contributed by atoms with E-state index in [1.165, 1.54) is 25.7 Å². The third kappa shape index (κ3) is 4.96. The van der Waals surface area contributed by atoms with E-state index in [0.29, 0.717) is 5.41 Å². The Hall–Kier alpha value is -1.18. The predicted octanol–water partition coefficient (Wildman–Crippen LogP) is 3.91. The average molecular weight is 473 g/mol. The van der Waals surface area contributed by atoms with Crippen LogP contribution < -0.4 is 14.8 Å². The summed E-state index contributed by atoms with van der Waals surface area (Å²) in [4.78, 5) is 7.14. The highest BCUT2D eigenvalue weighted by molar-refractivity contribution is 14.0. The van der Waals surface area contributed by atoms with Crippen molar-refractivity contribution in [3.63, 3.8) is 0 Å². The highest BCUT2D eigenvalue weighted by Gasteiger charge is 2.53. The number of nitrogens with zero attached hydrogens (tertiary/aromatic N) is 2. The van der Waals surface area contributed by atoms with Gasteiger partial charge < -0.3 is 19.7 Å². The molecule has 6 heteroatoms. The van der Waals surface area contributed by atoms with Crippen molar-refractivity contribution >= 4 is 29.9 Å². The number of guanidine groups is 1. The molecule has 0 atom stereocenters. The molecule has 2 fully saturated rings. The second-order valence-corrected chi connectivity index (χ2v) is 7.34. The molecule has 0 aromatic heterocycles. The first kappa shape index (κ1) is 21.1. The van der Waals surface area contributed by atoms with Gasteiger partial charge in [0.25, 0.3) is 0 Å². The van der Waals surface area contributed by atoms with Crippen molar-refractivity contribution < 1.29 is 9.47 Å². The highest BCUT2D eigenvalue weighted by Crippen LogP contribution is 2.61. The Balaban J connectivity index is 0.00000243. The van der Waals surface area contributed by atoms with Gasteiger partial charge in [0.05, 0.1) is 14.2 Å². The van der Waals surface area contributed by atoms with Crippen LogP contribution in [0.2, 0.25) is 0 Å². The van der Waals surface area contributed by atoms with E-state index < -0.39 is 0 Å². The minimum Gasteiger partial charge on any atom is -0.497 e. The van der Waals surface area contributed by atoms with Crippen molar-refractivity contribution in [2.45, 2.75) is 39.2 Å². The zero-order chi connectivity index (χ0) is 17.9. The van der Waals surface area contributed by atoms with Crippen LogP contribution in [0.3, 0.4) is 0 Å². The van der Waals surface area contributed by atoms with E-state index in [0.717, 1.165) is 48.6 Å². The SMILES string of the molecule is CCNC(=NCC1(C2CC2)CC1)N(C)Cc1ccc(OC)cc1OC.I. The fourth-order valence-corrected chi connectivity index (χ4v) is 3.57. The van der Waals surface area contributed by atoms with Gasteiger partial charge in [0.2, 0.25) is 0 Å². The molecule has 0 aliphatic heterocycles. The van der Waals surface area contributed by atoms with Gasteiger partial charge in [0, 0.05) is 38.3 Å². The largest absolute Gasteiger partial charge is 0.497 e. The van der Waals surface area contributed by atoms with Crippen LogP contribution in [0.5, 0.6) is 11.5 Å². The molecule has 0 bridgehead atoms. The van der Waals surface area contributed by atoms with Crippen molar-refractivity contribution in [2.24, 2.45) is 16.3 Å². The summed E-state index contributed by atoms with van der Waals surface area (Å²) in [7, 11) is 5.45. The number of hydrogen-bond donors (Lipinski definition) is 1. The van der Waals surface area contributed by atoms with Gasteiger partial charge in [-0.2, -0.15) is 0 Å². The van der Waals surface area contributed by atoms with Gasteiger partial charge in [-0.25, -0.2) is 0 Å². The summed E-state index contributed by atoms with van der Waals surface area (Å²) >= 11 is 0. The molecule has 2 aliphatic carbocycles. The zero-order valence-electron chi connectivity index (χ0n) is 16.4. The number of nitrogens with one attached hydrogen (secondary N) is 1. The standard InChI is InChI=1S/C20H31N3O2.HI/c1-5-21-19(22-14-20(10-11-20)16-7-8-16)23(2)13-15-6-9-17(24-3)12-18(15)25-4;/h6,9,12,16H,5,7-8,10-11,13-14H2,1-4H3,(H,21,22);1H. The predicted molar refractivity (Wildman–Crippen MR) is 117 cm³/mol. The molecule has 1 aromatic rings. The van der Waals surface area contributed by atoms with Crippen molar-refractivity contribution in [1.29, 1.82) is 0 Å². The highest BCUT2D eigenvalue weighted by atomic mass is 127. The third-order valence-electron chi connectivity index (χ3n) is 5.48. The second kappa shape index (κ2) is 9.15. The van der Waals surface area contributed by atoms with E-state index in [4.69, 9.17) is 14.5 Å². The Labute approximate surface area is 174 Å². The smallest absolute Gasteiger partial charge is 0.193 e. The lowest BCUT2D eigenvalue weighted by atomic mass is 10.0. The Bertz CT molecular complexity index is 627. The number of benzene rings is 1. The van der Waals surface area contributed by atoms with Crippen LogP contribution in [0.15, 0.2) is 23.2 Å². The first-order valence-corrected chi connectivity index (χ1v) is 9.32. The van der Waals surface area contributed by atoms with Crippen molar-refractivity contribution in [2.75, 3.05) is 34.4 Å². The molecule has 26 heavy (non-hydrogen) atoms. The van der Waals surface area contributed by atoms with Gasteiger partial charge in [0.15, 0.2) is 5.96 Å². The summed E-state index contributed by atoms with van der Waals surface area (Å²) in [5.41, 5.74) is 1.65. The number of rotatable bonds is 8. The second-order valence-electron chi connectivity index (χ2n) is 7.34. The molecule has 0 unspecified atom stereocenters. The van der Waals surface area contributed by atoms with E-state index >= 15 is 0 Å². The maximum Gasteiger partial charge on any atom is 0.193 e. The zero-order valence-corrected chi connectivity index (χ0v) is 18.7. The molecule has 0 radical (unpaired) electrons. The van der Waals surface area contributed by atoms with Gasteiger partial charge >= 0.3 is 0 Å². The van der Waals surface area contributed by atoms with E-state index in [9.17, 15) is 0 Å². The Morgan fingerprint density at radius 1 is 1.27 bits per heavy atom. The molecular weight excluding hydrogens is 441 g/mol. The third-order valence-corrected chi connectivity index (χ3v) is 5.48. The molecule has 1 N–H and O–H groups in total. The van der Waals surface area contributed by atoms with Gasteiger partial charge in [-0.1, -0.05) is 0 Å². The van der Waals surface area contributed by atoms with Crippen molar-refractivity contribution in [3.05, 3.63) is 23.8 Å². The summed E-state index contributed by atoms with van der Waals surface area (Å²) < 4.78 is 10.8. The van der Waals surface area contributed by atoms with Crippen LogP contribution in [-0.2, 0) is 6.54 Å². The number of hydrogen-bond acceptors (Lipinski definition) is 3. The summed E-state index contributed by atoms with van der Waals surface area (Å²) in [6, 6.07) is 5.96. The molecule has 0 saturated heterocycles. The maximum atomic E-state index is 5.53. The lowest BCUT2D eigenvalue weighted by molar-refractivity contribution is 0.382. The normalized spacial score (nSPS) is 17.9. The van der Waals surface area contributed by atoms with Crippen LogP contribution >= 0.6 is 24.0 Å². The summed E-state index contributed by atoms with van der Waals surface area (Å²) in [5, 5.41) is 3.43. The van der Waals surface area contributed by atoms with Crippen LogP contribution in [0.1, 0.15) is 38.2 Å². The molecule has 5 nitrogen and oxygen atoms in total. The molecule has 3 rings (SSSR count). The van der Waals surface area contributed by atoms with E-state index in [1.807, 2.05) is 12.1 Å². The van der Waals surface area contributed by atoms with Gasteiger partial charge in [-0.3, -0.25) is 4.99 Å². The fourth-order valence-electron chi connectivity index (χ4n) is 3.57. The van der Waals surface area contributed by atoms with E-state index in [2.05, 4.69) is 30.3 Å². The number of halogens is 1. The molecule has 0 heterocycles. The van der Waals surface area contributed by atoms with Gasteiger partial charge in [-0.15, -0.1) is 24.0 Å². The lowest BCUT2D eigenvalue weighted by Gasteiger charge is -2.24. The minimum absolute atomic E-state index is 0. The Morgan fingerprint density at radius 2 is 2.00 bits per heavy atom. The summed E-state index contributed by atoms with van der Waals surface area (Å²) in [5.74, 6) is 3.57. The Morgan fingerprint density at radius 3 is 2.54 bits per heavy atom. The van der Waals surface area contributed by atoms with Crippen LogP contribution in [0.4, 0.5) is 0 Å². The maximum absolute atomic E-state index is 5.53. The van der Waals surface area contributed by atoms with Crippen molar-refractivity contribution in [1.82, 2.24) is 10.2 Å².